The zero-order valence-electron chi connectivity index (χ0n) is 6.41. The molecular weight excluding hydrogens is 224 g/mol. The Morgan fingerprint density at radius 2 is 1.83 bits per heavy atom. The van der Waals surface area contributed by atoms with E-state index in [2.05, 4.69) is 0 Å². The number of halogens is 2. The second-order valence-electron chi connectivity index (χ2n) is 2.00. The Labute approximate surface area is 81.3 Å². The molecule has 8 heteroatoms. The summed E-state index contributed by atoms with van der Waals surface area (Å²) in [5.74, 6) is 5.38. The van der Waals surface area contributed by atoms with Crippen LogP contribution >= 0.6 is 30.9 Å². The van der Waals surface area contributed by atoms with Gasteiger partial charge >= 0.3 is 7.67 Å². The molecule has 0 spiro atoms. The van der Waals surface area contributed by atoms with Gasteiger partial charge < -0.3 is 4.89 Å². The molecule has 12 heavy (non-hydrogen) atoms. The van der Waals surface area contributed by atoms with Gasteiger partial charge in [0, 0.05) is 24.8 Å². The number of nitrogens with two attached hydrogens (primary N) is 1. The van der Waals surface area contributed by atoms with E-state index in [-0.39, 0.29) is 24.8 Å². The highest BCUT2D eigenvalue weighted by Gasteiger charge is 2.25. The number of hydrogen-bond donors (Lipinski definition) is 3. The molecule has 0 heterocycles. The van der Waals surface area contributed by atoms with Gasteiger partial charge in [0.2, 0.25) is 0 Å². The second kappa shape index (κ2) is 6.16. The molecule has 0 rings (SSSR count). The molecule has 0 aromatic carbocycles. The summed E-state index contributed by atoms with van der Waals surface area (Å²) in [6.07, 6.45) is 0. The van der Waals surface area contributed by atoms with Crippen LogP contribution in [0.3, 0.4) is 0 Å². The lowest BCUT2D eigenvalue weighted by atomic mass is 10.6. The summed E-state index contributed by atoms with van der Waals surface area (Å²) in [4.78, 5) is 9.17. The molecule has 0 aromatic rings. The Balaban J connectivity index is 4.17. The van der Waals surface area contributed by atoms with Crippen molar-refractivity contribution in [3.05, 3.63) is 0 Å². The molecule has 0 aromatic heterocycles. The zero-order valence-corrected chi connectivity index (χ0v) is 8.82. The van der Waals surface area contributed by atoms with E-state index in [9.17, 15) is 9.46 Å². The average Bonchev–Trinajstić information content (AvgIpc) is 2.04. The lowest BCUT2D eigenvalue weighted by Crippen LogP contribution is -2.34. The molecule has 0 radical (unpaired) electrons. The van der Waals surface area contributed by atoms with E-state index >= 15 is 0 Å². The topological polar surface area (TPSA) is 78.6 Å². The number of rotatable bonds is 6. The van der Waals surface area contributed by atoms with Gasteiger partial charge in [-0.05, 0) is 0 Å². The number of nitrogens with one attached hydrogen (secondary N) is 1. The SMILES string of the molecule is NNP(=O)(O)N(CCCl)CCCl. The maximum Gasteiger partial charge on any atom is 0.353 e. The maximum atomic E-state index is 11.2. The summed E-state index contributed by atoms with van der Waals surface area (Å²) in [6, 6.07) is 0. The van der Waals surface area contributed by atoms with Crippen LogP contribution < -0.4 is 11.0 Å². The minimum absolute atomic E-state index is 0.253. The van der Waals surface area contributed by atoms with Crippen molar-refractivity contribution in [3.8, 4) is 0 Å². The fourth-order valence-corrected chi connectivity index (χ4v) is 2.21. The fraction of sp³-hybridized carbons (Fsp3) is 1.00. The van der Waals surface area contributed by atoms with Crippen molar-refractivity contribution >= 4 is 30.9 Å². The highest BCUT2D eigenvalue weighted by atomic mass is 35.5. The fourth-order valence-electron chi connectivity index (χ4n) is 0.660. The summed E-state index contributed by atoms with van der Waals surface area (Å²) >= 11 is 10.8. The molecule has 1 atom stereocenters. The summed E-state index contributed by atoms with van der Waals surface area (Å²) in [5.41, 5.74) is 0. The average molecular weight is 236 g/mol. The van der Waals surface area contributed by atoms with Crippen LogP contribution in [-0.4, -0.2) is 34.4 Å². The lowest BCUT2D eigenvalue weighted by molar-refractivity contribution is 0.354. The van der Waals surface area contributed by atoms with E-state index in [4.69, 9.17) is 29.0 Å². The smallest absolute Gasteiger partial charge is 0.321 e. The summed E-state index contributed by atoms with van der Waals surface area (Å²) in [5, 5.41) is 1.83. The van der Waals surface area contributed by atoms with Crippen molar-refractivity contribution in [3.63, 3.8) is 0 Å². The van der Waals surface area contributed by atoms with E-state index in [1.54, 1.807) is 0 Å². The first-order valence-corrected chi connectivity index (χ1v) is 5.94. The largest absolute Gasteiger partial charge is 0.353 e. The first-order chi connectivity index (χ1) is 5.58. The van der Waals surface area contributed by atoms with E-state index in [1.165, 1.54) is 4.67 Å². The molecule has 0 aliphatic carbocycles. The van der Waals surface area contributed by atoms with Crippen molar-refractivity contribution in [1.82, 2.24) is 9.87 Å². The Morgan fingerprint density at radius 3 is 2.08 bits per heavy atom. The van der Waals surface area contributed by atoms with Gasteiger partial charge in [0.15, 0.2) is 0 Å². The molecule has 0 bridgehead atoms. The van der Waals surface area contributed by atoms with Crippen LogP contribution in [0.5, 0.6) is 0 Å². The van der Waals surface area contributed by atoms with Crippen molar-refractivity contribution in [1.29, 1.82) is 0 Å². The molecule has 5 nitrogen and oxygen atoms in total. The molecule has 0 fully saturated rings. The van der Waals surface area contributed by atoms with E-state index in [0.717, 1.165) is 0 Å². The Hall–Kier alpha value is 0.650. The predicted molar refractivity (Wildman–Crippen MR) is 50.2 cm³/mol. The van der Waals surface area contributed by atoms with Gasteiger partial charge in [0.25, 0.3) is 0 Å². The highest BCUT2D eigenvalue weighted by Crippen LogP contribution is 2.38. The Kier molecular flexibility index (Phi) is 6.49. The van der Waals surface area contributed by atoms with Crippen molar-refractivity contribution in [2.24, 2.45) is 5.84 Å². The predicted octanol–water partition coefficient (Wildman–Crippen LogP) is 0.330. The lowest BCUT2D eigenvalue weighted by Gasteiger charge is -2.24. The van der Waals surface area contributed by atoms with Crippen molar-refractivity contribution in [2.45, 2.75) is 0 Å². The van der Waals surface area contributed by atoms with Gasteiger partial charge in [-0.1, -0.05) is 0 Å². The van der Waals surface area contributed by atoms with Gasteiger partial charge in [-0.15, -0.1) is 23.2 Å². The molecule has 74 valence electrons. The first kappa shape index (κ1) is 12.7. The number of hydrogen-bond acceptors (Lipinski definition) is 2. The summed E-state index contributed by atoms with van der Waals surface area (Å²) in [6.45, 7) is 0.540. The normalized spacial score (nSPS) is 16.4. The first-order valence-electron chi connectivity index (χ1n) is 3.26. The Morgan fingerprint density at radius 1 is 1.42 bits per heavy atom. The van der Waals surface area contributed by atoms with Crippen LogP contribution in [0.2, 0.25) is 0 Å². The molecule has 0 saturated carbocycles. The molecule has 0 aliphatic heterocycles. The molecular formula is C4H12Cl2N3O2P. The monoisotopic (exact) mass is 235 g/mol. The van der Waals surface area contributed by atoms with Gasteiger partial charge in [0.1, 0.15) is 0 Å². The van der Waals surface area contributed by atoms with Crippen molar-refractivity contribution < 1.29 is 9.46 Å². The minimum atomic E-state index is -3.62. The van der Waals surface area contributed by atoms with Gasteiger partial charge in [-0.25, -0.2) is 4.67 Å². The van der Waals surface area contributed by atoms with Gasteiger partial charge in [-0.2, -0.15) is 5.20 Å². The van der Waals surface area contributed by atoms with E-state index < -0.39 is 7.67 Å². The Bertz CT molecular complexity index is 164. The molecule has 0 aliphatic rings. The second-order valence-corrected chi connectivity index (χ2v) is 4.67. The van der Waals surface area contributed by atoms with E-state index in [0.29, 0.717) is 0 Å². The van der Waals surface area contributed by atoms with Crippen LogP contribution in [0, 0.1) is 0 Å². The molecule has 1 unspecified atom stereocenters. The van der Waals surface area contributed by atoms with Gasteiger partial charge in [0.05, 0.1) is 0 Å². The van der Waals surface area contributed by atoms with Crippen LogP contribution in [-0.2, 0) is 4.57 Å². The summed E-state index contributed by atoms with van der Waals surface area (Å²) in [7, 11) is -3.62. The standard InChI is InChI=1S/C4H12Cl2N3O2P/c5-1-3-9(4-2-6)12(10,11)8-7/h1-4,7H2,(H2,8,10,11). The molecule has 0 saturated heterocycles. The molecule has 4 N–H and O–H groups in total. The number of nitrogens with zero attached hydrogens (tertiary/aromatic N) is 1. The highest BCUT2D eigenvalue weighted by molar-refractivity contribution is 7.53. The van der Waals surface area contributed by atoms with Gasteiger partial charge in [-0.3, -0.25) is 10.4 Å². The third-order valence-corrected chi connectivity index (χ3v) is 3.08. The maximum absolute atomic E-state index is 11.2. The summed E-state index contributed by atoms with van der Waals surface area (Å²) < 4.78 is 12.4. The quantitative estimate of drug-likeness (QED) is 0.268. The van der Waals surface area contributed by atoms with Crippen LogP contribution in [0.15, 0.2) is 0 Å². The number of hydrazine groups is 1. The van der Waals surface area contributed by atoms with Crippen LogP contribution in [0.1, 0.15) is 0 Å². The molecule has 0 amide bonds. The van der Waals surface area contributed by atoms with Crippen LogP contribution in [0.25, 0.3) is 0 Å². The minimum Gasteiger partial charge on any atom is -0.321 e. The third-order valence-electron chi connectivity index (χ3n) is 1.24. The number of alkyl halides is 2. The van der Waals surface area contributed by atoms with E-state index in [1.807, 2.05) is 5.20 Å². The van der Waals surface area contributed by atoms with Crippen molar-refractivity contribution in [2.75, 3.05) is 24.8 Å². The third kappa shape index (κ3) is 4.05. The zero-order chi connectivity index (χ0) is 9.61. The van der Waals surface area contributed by atoms with Crippen LogP contribution in [0.4, 0.5) is 0 Å².